The number of aryl methyl sites for hydroxylation is 1. The largest absolute Gasteiger partial charge is 0.393 e. The van der Waals surface area contributed by atoms with Gasteiger partial charge in [-0.25, -0.2) is 9.97 Å². The van der Waals surface area contributed by atoms with Crippen molar-refractivity contribution in [2.75, 3.05) is 18.4 Å². The summed E-state index contributed by atoms with van der Waals surface area (Å²) in [5.74, 6) is 0.797. The number of benzene rings is 1. The Labute approximate surface area is 177 Å². The number of rotatable bonds is 4. The van der Waals surface area contributed by atoms with E-state index in [1.807, 2.05) is 13.1 Å². The average Bonchev–Trinajstić information content (AvgIpc) is 3.14. The van der Waals surface area contributed by atoms with Crippen LogP contribution in [0.2, 0.25) is 0 Å². The van der Waals surface area contributed by atoms with Gasteiger partial charge in [-0.2, -0.15) is 0 Å². The normalized spacial score (nSPS) is 23.0. The first-order valence-electron chi connectivity index (χ1n) is 11.3. The van der Waals surface area contributed by atoms with Gasteiger partial charge in [-0.15, -0.1) is 0 Å². The Morgan fingerprint density at radius 3 is 2.50 bits per heavy atom. The number of nitrogens with one attached hydrogen (secondary N) is 2. The standard InChI is InChI=1S/C24H31N5O/c1-16-26-14-22-23(15-29(24(22)27-16)20-6-8-21(30)9-7-20)17-2-4-18(5-3-17)28-19-10-12-25-13-11-19/h2-5,14-15,19-21,25,28,30H,6-13H2,1H3. The molecular weight excluding hydrogens is 374 g/mol. The maximum Gasteiger partial charge on any atom is 0.144 e. The van der Waals surface area contributed by atoms with Crippen molar-refractivity contribution in [2.45, 2.75) is 63.6 Å². The van der Waals surface area contributed by atoms with Crippen LogP contribution < -0.4 is 10.6 Å². The van der Waals surface area contributed by atoms with Crippen LogP contribution in [0.1, 0.15) is 50.4 Å². The summed E-state index contributed by atoms with van der Waals surface area (Å²) in [4.78, 5) is 9.26. The van der Waals surface area contributed by atoms with Gasteiger partial charge in [-0.05, 0) is 76.2 Å². The predicted molar refractivity (Wildman–Crippen MR) is 121 cm³/mol. The van der Waals surface area contributed by atoms with E-state index in [1.165, 1.54) is 29.7 Å². The number of piperidine rings is 1. The smallest absolute Gasteiger partial charge is 0.144 e. The van der Waals surface area contributed by atoms with Gasteiger partial charge >= 0.3 is 0 Å². The number of fused-ring (bicyclic) bond motifs is 1. The Hall–Kier alpha value is -2.44. The topological polar surface area (TPSA) is 75.0 Å². The number of aromatic nitrogens is 3. The van der Waals surface area contributed by atoms with Gasteiger partial charge in [0.05, 0.1) is 6.10 Å². The zero-order chi connectivity index (χ0) is 20.5. The molecule has 0 bridgehead atoms. The van der Waals surface area contributed by atoms with E-state index in [0.29, 0.717) is 12.1 Å². The highest BCUT2D eigenvalue weighted by atomic mass is 16.3. The maximum absolute atomic E-state index is 9.91. The number of nitrogens with zero attached hydrogens (tertiary/aromatic N) is 3. The minimum Gasteiger partial charge on any atom is -0.393 e. The third-order valence-electron chi connectivity index (χ3n) is 6.66. The van der Waals surface area contributed by atoms with Crippen LogP contribution in [0, 0.1) is 6.92 Å². The maximum atomic E-state index is 9.91. The van der Waals surface area contributed by atoms with E-state index < -0.39 is 0 Å². The van der Waals surface area contributed by atoms with Gasteiger partial charge in [0.15, 0.2) is 0 Å². The Bertz CT molecular complexity index is 998. The molecule has 158 valence electrons. The van der Waals surface area contributed by atoms with E-state index in [0.717, 1.165) is 55.6 Å². The number of aliphatic hydroxyl groups excluding tert-OH is 1. The summed E-state index contributed by atoms with van der Waals surface area (Å²) in [7, 11) is 0. The lowest BCUT2D eigenvalue weighted by Gasteiger charge is -2.27. The Morgan fingerprint density at radius 2 is 1.77 bits per heavy atom. The first kappa shape index (κ1) is 19.5. The van der Waals surface area contributed by atoms with Gasteiger partial charge in [0.2, 0.25) is 0 Å². The van der Waals surface area contributed by atoms with Gasteiger partial charge in [-0.1, -0.05) is 12.1 Å². The first-order valence-corrected chi connectivity index (χ1v) is 11.3. The zero-order valence-electron chi connectivity index (χ0n) is 17.6. The molecule has 3 aromatic rings. The first-order chi connectivity index (χ1) is 14.7. The SMILES string of the molecule is Cc1ncc2c(-c3ccc(NC4CCNCC4)cc3)cn(C3CCC(O)CC3)c2n1. The molecule has 0 unspecified atom stereocenters. The number of hydrogen-bond donors (Lipinski definition) is 3. The van der Waals surface area contributed by atoms with Crippen LogP contribution in [-0.2, 0) is 0 Å². The van der Waals surface area contributed by atoms with E-state index in [-0.39, 0.29) is 6.10 Å². The Morgan fingerprint density at radius 1 is 1.03 bits per heavy atom. The molecule has 3 heterocycles. The minimum absolute atomic E-state index is 0.154. The zero-order valence-corrected chi connectivity index (χ0v) is 17.6. The molecule has 1 saturated heterocycles. The van der Waals surface area contributed by atoms with E-state index in [1.54, 1.807) is 0 Å². The van der Waals surface area contributed by atoms with Crippen molar-refractivity contribution in [2.24, 2.45) is 0 Å². The van der Waals surface area contributed by atoms with Crippen LogP contribution in [0.15, 0.2) is 36.7 Å². The Kier molecular flexibility index (Phi) is 5.44. The molecule has 1 saturated carbocycles. The summed E-state index contributed by atoms with van der Waals surface area (Å²) < 4.78 is 2.33. The van der Waals surface area contributed by atoms with Crippen LogP contribution in [0.25, 0.3) is 22.2 Å². The lowest BCUT2D eigenvalue weighted by atomic mass is 9.93. The molecule has 30 heavy (non-hydrogen) atoms. The van der Waals surface area contributed by atoms with E-state index in [2.05, 4.69) is 50.6 Å². The molecule has 1 aliphatic carbocycles. The fourth-order valence-electron chi connectivity index (χ4n) is 4.91. The molecule has 0 spiro atoms. The molecule has 1 aromatic carbocycles. The third-order valence-corrected chi connectivity index (χ3v) is 6.66. The van der Waals surface area contributed by atoms with Gasteiger partial charge < -0.3 is 20.3 Å². The molecule has 0 amide bonds. The fourth-order valence-corrected chi connectivity index (χ4v) is 4.91. The van der Waals surface area contributed by atoms with Gasteiger partial charge in [0.1, 0.15) is 11.5 Å². The summed E-state index contributed by atoms with van der Waals surface area (Å²) in [6.07, 6.45) is 10.1. The number of aliphatic hydroxyl groups is 1. The van der Waals surface area contributed by atoms with Gasteiger partial charge in [-0.3, -0.25) is 0 Å². The molecule has 6 heteroatoms. The highest BCUT2D eigenvalue weighted by molar-refractivity contribution is 5.94. The van der Waals surface area contributed by atoms with Crippen molar-refractivity contribution in [3.8, 4) is 11.1 Å². The molecular formula is C24H31N5O. The summed E-state index contributed by atoms with van der Waals surface area (Å²) in [6.45, 7) is 4.13. The third kappa shape index (κ3) is 3.94. The quantitative estimate of drug-likeness (QED) is 0.611. The summed E-state index contributed by atoms with van der Waals surface area (Å²) >= 11 is 0. The van der Waals surface area contributed by atoms with E-state index in [4.69, 9.17) is 4.98 Å². The van der Waals surface area contributed by atoms with Crippen molar-refractivity contribution in [1.29, 1.82) is 0 Å². The van der Waals surface area contributed by atoms with Gasteiger partial charge in [0.25, 0.3) is 0 Å². The second-order valence-electron chi connectivity index (χ2n) is 8.81. The van der Waals surface area contributed by atoms with Crippen molar-refractivity contribution < 1.29 is 5.11 Å². The lowest BCUT2D eigenvalue weighted by molar-refractivity contribution is 0.111. The molecule has 5 rings (SSSR count). The van der Waals surface area contributed by atoms with Crippen molar-refractivity contribution >= 4 is 16.7 Å². The van der Waals surface area contributed by atoms with Crippen molar-refractivity contribution in [3.05, 3.63) is 42.5 Å². The molecule has 0 atom stereocenters. The highest BCUT2D eigenvalue weighted by Gasteiger charge is 2.24. The van der Waals surface area contributed by atoms with Crippen molar-refractivity contribution in [1.82, 2.24) is 19.9 Å². The van der Waals surface area contributed by atoms with Crippen LogP contribution >= 0.6 is 0 Å². The van der Waals surface area contributed by atoms with Gasteiger partial charge in [0, 0.05) is 41.1 Å². The monoisotopic (exact) mass is 405 g/mol. The number of anilines is 1. The van der Waals surface area contributed by atoms with Crippen LogP contribution in [-0.4, -0.2) is 44.9 Å². The lowest BCUT2D eigenvalue weighted by Crippen LogP contribution is -2.35. The Balaban J connectivity index is 1.45. The molecule has 6 nitrogen and oxygen atoms in total. The molecule has 2 aromatic heterocycles. The molecule has 0 radical (unpaired) electrons. The number of hydrogen-bond acceptors (Lipinski definition) is 5. The van der Waals surface area contributed by atoms with E-state index >= 15 is 0 Å². The second kappa shape index (κ2) is 8.36. The van der Waals surface area contributed by atoms with Crippen molar-refractivity contribution in [3.63, 3.8) is 0 Å². The summed E-state index contributed by atoms with van der Waals surface area (Å²) in [5.41, 5.74) is 4.57. The molecule has 2 aliphatic rings. The second-order valence-corrected chi connectivity index (χ2v) is 8.81. The van der Waals surface area contributed by atoms with Crippen LogP contribution in [0.4, 0.5) is 5.69 Å². The average molecular weight is 406 g/mol. The minimum atomic E-state index is -0.154. The molecule has 3 N–H and O–H groups in total. The van der Waals surface area contributed by atoms with E-state index in [9.17, 15) is 5.11 Å². The summed E-state index contributed by atoms with van der Waals surface area (Å²) in [5, 5.41) is 18.1. The molecule has 1 aliphatic heterocycles. The molecule has 2 fully saturated rings. The van der Waals surface area contributed by atoms with Crippen LogP contribution in [0.5, 0.6) is 0 Å². The predicted octanol–water partition coefficient (Wildman–Crippen LogP) is 4.05. The highest BCUT2D eigenvalue weighted by Crippen LogP contribution is 2.36. The summed E-state index contributed by atoms with van der Waals surface area (Å²) in [6, 6.07) is 9.72. The fraction of sp³-hybridized carbons (Fsp3) is 0.500. The van der Waals surface area contributed by atoms with Crippen LogP contribution in [0.3, 0.4) is 0 Å².